The number of nitrogens with zero attached hydrogens (tertiary/aromatic N) is 2. The zero-order valence-electron chi connectivity index (χ0n) is 10.0. The van der Waals surface area contributed by atoms with Crippen molar-refractivity contribution in [2.24, 2.45) is 7.05 Å². The van der Waals surface area contributed by atoms with Crippen LogP contribution < -0.4 is 5.32 Å². The molecule has 0 amide bonds. The average Bonchev–Trinajstić information content (AvgIpc) is 2.73. The third-order valence-electron chi connectivity index (χ3n) is 2.80. The molecule has 0 radical (unpaired) electrons. The van der Waals surface area contributed by atoms with Gasteiger partial charge in [-0.3, -0.25) is 4.68 Å². The Morgan fingerprint density at radius 2 is 2.00 bits per heavy atom. The lowest BCUT2D eigenvalue weighted by atomic mass is 10.0. The molecule has 1 atom stereocenters. The van der Waals surface area contributed by atoms with Gasteiger partial charge in [0.15, 0.2) is 0 Å². The van der Waals surface area contributed by atoms with Gasteiger partial charge in [-0.1, -0.05) is 12.1 Å². The maximum absolute atomic E-state index is 12.8. The number of benzene rings is 1. The van der Waals surface area contributed by atoms with E-state index in [1.807, 2.05) is 26.4 Å². The Balaban J connectivity index is 2.13. The zero-order chi connectivity index (χ0) is 12.3. The van der Waals surface area contributed by atoms with Crippen LogP contribution in [0.2, 0.25) is 0 Å². The largest absolute Gasteiger partial charge is 0.313 e. The van der Waals surface area contributed by atoms with Gasteiger partial charge in [-0.15, -0.1) is 0 Å². The molecule has 1 aromatic heterocycles. The molecule has 0 aliphatic rings. The molecule has 0 bridgehead atoms. The van der Waals surface area contributed by atoms with Crippen LogP contribution in [0.3, 0.4) is 0 Å². The molecule has 0 saturated carbocycles. The Kier molecular flexibility index (Phi) is 3.54. The third-order valence-corrected chi connectivity index (χ3v) is 2.80. The smallest absolute Gasteiger partial charge is 0.123 e. The van der Waals surface area contributed by atoms with Crippen molar-refractivity contribution >= 4 is 0 Å². The van der Waals surface area contributed by atoms with Crippen molar-refractivity contribution in [2.75, 3.05) is 7.05 Å². The fourth-order valence-corrected chi connectivity index (χ4v) is 1.86. The molecule has 0 spiro atoms. The second kappa shape index (κ2) is 5.10. The van der Waals surface area contributed by atoms with Gasteiger partial charge in [0.05, 0.1) is 5.69 Å². The predicted octanol–water partition coefficient (Wildman–Crippen LogP) is 2.06. The molecule has 0 aliphatic heterocycles. The summed E-state index contributed by atoms with van der Waals surface area (Å²) < 4.78 is 14.6. The number of hydrogen-bond acceptors (Lipinski definition) is 2. The van der Waals surface area contributed by atoms with Crippen molar-refractivity contribution in [2.45, 2.75) is 12.5 Å². The van der Waals surface area contributed by atoms with E-state index in [4.69, 9.17) is 0 Å². The first-order valence-corrected chi connectivity index (χ1v) is 5.60. The molecular formula is C13H16FN3. The minimum Gasteiger partial charge on any atom is -0.313 e. The number of nitrogens with one attached hydrogen (secondary N) is 1. The topological polar surface area (TPSA) is 29.9 Å². The Labute approximate surface area is 100 Å². The molecule has 2 rings (SSSR count). The summed E-state index contributed by atoms with van der Waals surface area (Å²) in [7, 11) is 3.80. The highest BCUT2D eigenvalue weighted by Crippen LogP contribution is 2.17. The molecule has 0 saturated heterocycles. The highest BCUT2D eigenvalue weighted by molar-refractivity contribution is 5.21. The first-order valence-electron chi connectivity index (χ1n) is 5.60. The first kappa shape index (κ1) is 11.8. The molecule has 1 unspecified atom stereocenters. The molecule has 4 heteroatoms. The summed E-state index contributed by atoms with van der Waals surface area (Å²) in [6.45, 7) is 0. The SMILES string of the molecule is CNC(Cc1ccn(C)n1)c1ccc(F)cc1. The van der Waals surface area contributed by atoms with E-state index < -0.39 is 0 Å². The van der Waals surface area contributed by atoms with E-state index in [0.717, 1.165) is 17.7 Å². The van der Waals surface area contributed by atoms with Gasteiger partial charge in [-0.05, 0) is 30.8 Å². The van der Waals surface area contributed by atoms with Crippen LogP contribution in [-0.4, -0.2) is 16.8 Å². The molecule has 2 aromatic rings. The molecule has 3 nitrogen and oxygen atoms in total. The fraction of sp³-hybridized carbons (Fsp3) is 0.308. The van der Waals surface area contributed by atoms with Crippen LogP contribution >= 0.6 is 0 Å². The number of aryl methyl sites for hydroxylation is 1. The summed E-state index contributed by atoms with van der Waals surface area (Å²) in [6.07, 6.45) is 2.72. The molecule has 17 heavy (non-hydrogen) atoms. The first-order chi connectivity index (χ1) is 8.19. The number of rotatable bonds is 4. The van der Waals surface area contributed by atoms with Crippen LogP contribution in [0.25, 0.3) is 0 Å². The average molecular weight is 233 g/mol. The van der Waals surface area contributed by atoms with E-state index >= 15 is 0 Å². The molecule has 90 valence electrons. The minimum absolute atomic E-state index is 0.158. The Morgan fingerprint density at radius 3 is 2.53 bits per heavy atom. The van der Waals surface area contributed by atoms with Crippen LogP contribution in [0, 0.1) is 5.82 Å². The second-order valence-electron chi connectivity index (χ2n) is 4.08. The van der Waals surface area contributed by atoms with Crippen LogP contribution in [0.15, 0.2) is 36.5 Å². The lowest BCUT2D eigenvalue weighted by Crippen LogP contribution is -2.19. The summed E-state index contributed by atoms with van der Waals surface area (Å²) in [5, 5.41) is 7.57. The van der Waals surface area contributed by atoms with Gasteiger partial charge in [-0.25, -0.2) is 4.39 Å². The van der Waals surface area contributed by atoms with Gasteiger partial charge in [-0.2, -0.15) is 5.10 Å². The molecular weight excluding hydrogens is 217 g/mol. The standard InChI is InChI=1S/C13H16FN3/c1-15-13(9-12-7-8-17(2)16-12)10-3-5-11(14)6-4-10/h3-8,13,15H,9H2,1-2H3. The summed E-state index contributed by atoms with van der Waals surface area (Å²) in [6, 6.07) is 8.73. The van der Waals surface area contributed by atoms with E-state index in [9.17, 15) is 4.39 Å². The summed E-state index contributed by atoms with van der Waals surface area (Å²) in [4.78, 5) is 0. The normalized spacial score (nSPS) is 12.6. The highest BCUT2D eigenvalue weighted by Gasteiger charge is 2.11. The second-order valence-corrected chi connectivity index (χ2v) is 4.08. The third kappa shape index (κ3) is 2.91. The van der Waals surface area contributed by atoms with Crippen LogP contribution in [0.4, 0.5) is 4.39 Å². The van der Waals surface area contributed by atoms with Crippen molar-refractivity contribution in [1.82, 2.24) is 15.1 Å². The van der Waals surface area contributed by atoms with Crippen LogP contribution in [0.5, 0.6) is 0 Å². The van der Waals surface area contributed by atoms with Gasteiger partial charge in [0.2, 0.25) is 0 Å². The Morgan fingerprint density at radius 1 is 1.29 bits per heavy atom. The predicted molar refractivity (Wildman–Crippen MR) is 65.1 cm³/mol. The van der Waals surface area contributed by atoms with Gasteiger partial charge in [0, 0.05) is 25.7 Å². The summed E-state index contributed by atoms with van der Waals surface area (Å²) >= 11 is 0. The van der Waals surface area contributed by atoms with E-state index in [1.165, 1.54) is 12.1 Å². The van der Waals surface area contributed by atoms with Crippen LogP contribution in [0.1, 0.15) is 17.3 Å². The van der Waals surface area contributed by atoms with Crippen molar-refractivity contribution < 1.29 is 4.39 Å². The maximum atomic E-state index is 12.8. The fourth-order valence-electron chi connectivity index (χ4n) is 1.86. The van der Waals surface area contributed by atoms with Crippen LogP contribution in [-0.2, 0) is 13.5 Å². The monoisotopic (exact) mass is 233 g/mol. The van der Waals surface area contributed by atoms with E-state index in [-0.39, 0.29) is 11.9 Å². The quantitative estimate of drug-likeness (QED) is 0.876. The molecule has 1 N–H and O–H groups in total. The Bertz CT molecular complexity index is 476. The van der Waals surface area contributed by atoms with Gasteiger partial charge >= 0.3 is 0 Å². The molecule has 1 aromatic carbocycles. The minimum atomic E-state index is -0.207. The van der Waals surface area contributed by atoms with Gasteiger partial charge in [0.25, 0.3) is 0 Å². The van der Waals surface area contributed by atoms with E-state index in [0.29, 0.717) is 0 Å². The number of likely N-dealkylation sites (N-methyl/N-ethyl adjacent to an activating group) is 1. The summed E-state index contributed by atoms with van der Waals surface area (Å²) in [5.41, 5.74) is 2.09. The number of aromatic nitrogens is 2. The lowest BCUT2D eigenvalue weighted by Gasteiger charge is -2.15. The van der Waals surface area contributed by atoms with Crippen molar-refractivity contribution in [3.63, 3.8) is 0 Å². The zero-order valence-corrected chi connectivity index (χ0v) is 10.0. The van der Waals surface area contributed by atoms with Gasteiger partial charge in [0.1, 0.15) is 5.82 Å². The molecule has 1 heterocycles. The van der Waals surface area contributed by atoms with Crippen molar-refractivity contribution in [1.29, 1.82) is 0 Å². The maximum Gasteiger partial charge on any atom is 0.123 e. The number of hydrogen-bond donors (Lipinski definition) is 1. The lowest BCUT2D eigenvalue weighted by molar-refractivity contribution is 0.573. The summed E-state index contributed by atoms with van der Waals surface area (Å²) in [5.74, 6) is -0.207. The van der Waals surface area contributed by atoms with Crippen molar-refractivity contribution in [3.8, 4) is 0 Å². The molecule has 0 aliphatic carbocycles. The van der Waals surface area contributed by atoms with E-state index in [1.54, 1.807) is 16.8 Å². The molecule has 0 fully saturated rings. The Hall–Kier alpha value is -1.68. The van der Waals surface area contributed by atoms with Crippen molar-refractivity contribution in [3.05, 3.63) is 53.6 Å². The number of halogens is 1. The highest BCUT2D eigenvalue weighted by atomic mass is 19.1. The van der Waals surface area contributed by atoms with E-state index in [2.05, 4.69) is 10.4 Å². The van der Waals surface area contributed by atoms with Gasteiger partial charge < -0.3 is 5.32 Å².